The molecule has 2 aromatic carbocycles. The van der Waals surface area contributed by atoms with Crippen molar-refractivity contribution in [3.63, 3.8) is 0 Å². The molecular weight excluding hydrogens is 421 g/mol. The molecule has 2 atom stereocenters. The predicted octanol–water partition coefficient (Wildman–Crippen LogP) is 1.87. The third-order valence-electron chi connectivity index (χ3n) is 5.19. The maximum atomic E-state index is 12.1. The summed E-state index contributed by atoms with van der Waals surface area (Å²) in [6.45, 7) is 0.147. The Balaban J connectivity index is 1.45. The first kappa shape index (κ1) is 24.0. The molecule has 1 aromatic heterocycles. The number of rotatable bonds is 11. The van der Waals surface area contributed by atoms with Crippen LogP contribution in [0, 0.1) is 11.3 Å². The van der Waals surface area contributed by atoms with E-state index in [-0.39, 0.29) is 19.1 Å². The van der Waals surface area contributed by atoms with E-state index in [4.69, 9.17) is 4.74 Å². The van der Waals surface area contributed by atoms with Crippen LogP contribution >= 0.6 is 0 Å². The third-order valence-corrected chi connectivity index (χ3v) is 5.19. The maximum absolute atomic E-state index is 12.1. The molecule has 3 rings (SSSR count). The Morgan fingerprint density at radius 2 is 1.85 bits per heavy atom. The number of nitrogens with zero attached hydrogens (tertiary/aromatic N) is 4. The van der Waals surface area contributed by atoms with Crippen molar-refractivity contribution in [1.82, 2.24) is 20.1 Å². The second-order valence-electron chi connectivity index (χ2n) is 7.62. The lowest BCUT2D eigenvalue weighted by atomic mass is 9.76. The van der Waals surface area contributed by atoms with Crippen LogP contribution in [0.15, 0.2) is 67.3 Å². The number of nitriles is 1. The van der Waals surface area contributed by atoms with Crippen LogP contribution in [0.1, 0.15) is 29.2 Å². The maximum Gasteiger partial charge on any atom is 0.475 e. The summed E-state index contributed by atoms with van der Waals surface area (Å²) in [4.78, 5) is 16.0. The molecule has 33 heavy (non-hydrogen) atoms. The highest BCUT2D eigenvalue weighted by atomic mass is 16.5. The number of hydrogen-bond acceptors (Lipinski definition) is 7. The van der Waals surface area contributed by atoms with Gasteiger partial charge in [0.05, 0.1) is 18.6 Å². The lowest BCUT2D eigenvalue weighted by Gasteiger charge is -2.17. The van der Waals surface area contributed by atoms with Gasteiger partial charge in [0.15, 0.2) is 0 Å². The van der Waals surface area contributed by atoms with Crippen LogP contribution in [-0.2, 0) is 24.0 Å². The Morgan fingerprint density at radius 3 is 2.52 bits per heavy atom. The van der Waals surface area contributed by atoms with Gasteiger partial charge in [0.25, 0.3) is 0 Å². The molecule has 0 aliphatic rings. The molecule has 0 saturated carbocycles. The van der Waals surface area contributed by atoms with Crippen LogP contribution < -0.4 is 5.32 Å². The summed E-state index contributed by atoms with van der Waals surface area (Å²) in [5, 5.41) is 35.1. The molecule has 0 bridgehead atoms. The number of carbonyl (C=O) groups excluding carboxylic acids is 1. The van der Waals surface area contributed by atoms with Gasteiger partial charge in [-0.1, -0.05) is 54.6 Å². The van der Waals surface area contributed by atoms with E-state index < -0.39 is 19.2 Å². The lowest BCUT2D eigenvalue weighted by Crippen LogP contribution is -2.48. The fourth-order valence-electron chi connectivity index (χ4n) is 3.43. The number of benzene rings is 2. The zero-order valence-corrected chi connectivity index (χ0v) is 18.1. The molecule has 1 amide bonds. The molecule has 0 aliphatic heterocycles. The number of aryl methyl sites for hydroxylation is 1. The summed E-state index contributed by atoms with van der Waals surface area (Å²) in [5.74, 6) is -0.874. The Kier molecular flexibility index (Phi) is 9.00. The van der Waals surface area contributed by atoms with Crippen molar-refractivity contribution in [2.24, 2.45) is 0 Å². The van der Waals surface area contributed by atoms with Gasteiger partial charge in [0.2, 0.25) is 0 Å². The number of ether oxygens (including phenoxy) is 1. The van der Waals surface area contributed by atoms with Crippen LogP contribution in [-0.4, -0.2) is 50.6 Å². The molecule has 10 heteroatoms. The van der Waals surface area contributed by atoms with E-state index in [0.717, 1.165) is 16.7 Å². The van der Waals surface area contributed by atoms with Crippen molar-refractivity contribution in [3.05, 3.63) is 83.9 Å². The third kappa shape index (κ3) is 7.75. The number of amides is 1. The molecule has 0 aliphatic carbocycles. The summed E-state index contributed by atoms with van der Waals surface area (Å²) >= 11 is 0. The molecule has 0 saturated heterocycles. The first-order valence-corrected chi connectivity index (χ1v) is 10.7. The summed E-state index contributed by atoms with van der Waals surface area (Å²) in [7, 11) is -1.70. The van der Waals surface area contributed by atoms with Crippen molar-refractivity contribution >= 4 is 13.2 Å². The molecule has 3 aromatic rings. The summed E-state index contributed by atoms with van der Waals surface area (Å²) in [6, 6.07) is 19.0. The van der Waals surface area contributed by atoms with E-state index in [1.54, 1.807) is 4.68 Å². The smallest absolute Gasteiger partial charge is 0.449 e. The van der Waals surface area contributed by atoms with Crippen LogP contribution in [0.2, 0.25) is 0 Å². The minimum atomic E-state index is -1.70. The van der Waals surface area contributed by atoms with Gasteiger partial charge in [0.1, 0.15) is 18.7 Å². The summed E-state index contributed by atoms with van der Waals surface area (Å²) in [5.41, 5.74) is 2.94. The van der Waals surface area contributed by atoms with Gasteiger partial charge in [-0.25, -0.2) is 14.5 Å². The quantitative estimate of drug-likeness (QED) is 0.382. The van der Waals surface area contributed by atoms with Crippen molar-refractivity contribution in [1.29, 1.82) is 5.26 Å². The van der Waals surface area contributed by atoms with Crippen LogP contribution in [0.3, 0.4) is 0 Å². The number of aromatic nitrogens is 3. The summed E-state index contributed by atoms with van der Waals surface area (Å²) in [6.07, 6.45) is 4.33. The van der Waals surface area contributed by atoms with Crippen molar-refractivity contribution in [2.75, 3.05) is 6.61 Å². The van der Waals surface area contributed by atoms with Crippen LogP contribution in [0.25, 0.3) is 0 Å². The Labute approximate surface area is 192 Å². The van der Waals surface area contributed by atoms with E-state index in [1.807, 2.05) is 54.6 Å². The van der Waals surface area contributed by atoms with Gasteiger partial charge in [-0.2, -0.15) is 10.4 Å². The Bertz CT molecular complexity index is 1040. The highest BCUT2D eigenvalue weighted by Gasteiger charge is 2.26. The monoisotopic (exact) mass is 447 g/mol. The highest BCUT2D eigenvalue weighted by molar-refractivity contribution is 6.43. The zero-order valence-electron chi connectivity index (χ0n) is 18.1. The molecular formula is C23H26BN5O4. The average molecular weight is 447 g/mol. The van der Waals surface area contributed by atoms with Crippen molar-refractivity contribution in [3.8, 4) is 6.07 Å². The summed E-state index contributed by atoms with van der Waals surface area (Å²) < 4.78 is 6.78. The van der Waals surface area contributed by atoms with E-state index in [9.17, 15) is 20.1 Å². The molecule has 0 spiro atoms. The van der Waals surface area contributed by atoms with Gasteiger partial charge in [-0.15, -0.1) is 0 Å². The first-order valence-electron chi connectivity index (χ1n) is 10.7. The molecule has 9 nitrogen and oxygen atoms in total. The van der Waals surface area contributed by atoms with Gasteiger partial charge >= 0.3 is 13.2 Å². The number of nitrogens with one attached hydrogen (secondary N) is 1. The van der Waals surface area contributed by atoms with Crippen molar-refractivity contribution < 1.29 is 19.6 Å². The Morgan fingerprint density at radius 1 is 1.12 bits per heavy atom. The van der Waals surface area contributed by atoms with Crippen LogP contribution in [0.4, 0.5) is 4.79 Å². The largest absolute Gasteiger partial charge is 0.475 e. The van der Waals surface area contributed by atoms with Gasteiger partial charge in [0, 0.05) is 6.42 Å². The molecule has 1 unspecified atom stereocenters. The van der Waals surface area contributed by atoms with Gasteiger partial charge in [-0.05, 0) is 36.0 Å². The first-order chi connectivity index (χ1) is 16.0. The number of alkyl carbamates (subject to hydrolysis) is 1. The van der Waals surface area contributed by atoms with Gasteiger partial charge < -0.3 is 20.1 Å². The van der Waals surface area contributed by atoms with E-state index in [2.05, 4.69) is 21.5 Å². The SMILES string of the molecule is N#CC(CCc1cccc(CCOC(=O)N[C@@H](Cc2ccccc2)B(O)O)c1)n1cncn1. The van der Waals surface area contributed by atoms with E-state index in [1.165, 1.54) is 12.7 Å². The van der Waals surface area contributed by atoms with Gasteiger partial charge in [-0.3, -0.25) is 0 Å². The Hall–Kier alpha value is -3.68. The molecule has 3 N–H and O–H groups in total. The lowest BCUT2D eigenvalue weighted by molar-refractivity contribution is 0.144. The second-order valence-corrected chi connectivity index (χ2v) is 7.62. The molecule has 0 fully saturated rings. The standard InChI is InChI=1S/C23H26BN5O4/c25-15-21(29-17-26-16-27-29)10-9-19-7-4-8-20(13-19)11-12-33-23(30)28-22(24(31)32)14-18-5-2-1-3-6-18/h1-8,13,16-17,21-22,31-32H,9-12,14H2,(H,28,30)/t21?,22-/m0/s1. The predicted molar refractivity (Wildman–Crippen MR) is 122 cm³/mol. The fourth-order valence-corrected chi connectivity index (χ4v) is 3.43. The average Bonchev–Trinajstić information content (AvgIpc) is 3.35. The fraction of sp³-hybridized carbons (Fsp3) is 0.304. The molecule has 170 valence electrons. The number of hydrogen-bond donors (Lipinski definition) is 3. The normalized spacial score (nSPS) is 12.4. The molecule has 1 heterocycles. The minimum Gasteiger partial charge on any atom is -0.449 e. The van der Waals surface area contributed by atoms with E-state index in [0.29, 0.717) is 19.3 Å². The van der Waals surface area contributed by atoms with E-state index >= 15 is 0 Å². The second kappa shape index (κ2) is 12.4. The molecule has 0 radical (unpaired) electrons. The number of carbonyl (C=O) groups is 1. The van der Waals surface area contributed by atoms with Crippen LogP contribution in [0.5, 0.6) is 0 Å². The topological polar surface area (TPSA) is 133 Å². The minimum absolute atomic E-state index is 0.147. The van der Waals surface area contributed by atoms with Crippen molar-refractivity contribution in [2.45, 2.75) is 37.7 Å². The zero-order chi connectivity index (χ0) is 23.5. The highest BCUT2D eigenvalue weighted by Crippen LogP contribution is 2.15.